The molecule has 0 aliphatic rings. The lowest BCUT2D eigenvalue weighted by atomic mass is 10.1. The number of pyridine rings is 1. The average Bonchev–Trinajstić information content (AvgIpc) is 2.83. The molecule has 8 heteroatoms. The van der Waals surface area contributed by atoms with Crippen molar-refractivity contribution in [2.24, 2.45) is 0 Å². The molecule has 0 radical (unpaired) electrons. The number of anilines is 1. The van der Waals surface area contributed by atoms with E-state index in [0.29, 0.717) is 5.39 Å². The van der Waals surface area contributed by atoms with Gasteiger partial charge in [0.25, 0.3) is 0 Å². The van der Waals surface area contributed by atoms with Gasteiger partial charge >= 0.3 is 6.18 Å². The number of nitrogens with zero attached hydrogens (tertiary/aromatic N) is 3. The van der Waals surface area contributed by atoms with Gasteiger partial charge in [-0.1, -0.05) is 18.2 Å². The molecule has 1 aromatic carbocycles. The Morgan fingerprint density at radius 2 is 1.85 bits per heavy atom. The van der Waals surface area contributed by atoms with Crippen molar-refractivity contribution in [1.29, 1.82) is 0 Å². The fourth-order valence-corrected chi connectivity index (χ4v) is 2.28. The molecule has 2 aromatic heterocycles. The van der Waals surface area contributed by atoms with Gasteiger partial charge in [-0.15, -0.1) is 0 Å². The van der Waals surface area contributed by atoms with Gasteiger partial charge in [-0.2, -0.15) is 22.5 Å². The van der Waals surface area contributed by atoms with Gasteiger partial charge in [-0.3, -0.25) is 0 Å². The van der Waals surface area contributed by atoms with E-state index in [2.05, 4.69) is 14.3 Å². The number of benzene rings is 1. The summed E-state index contributed by atoms with van der Waals surface area (Å²) >= 11 is 0.969. The summed E-state index contributed by atoms with van der Waals surface area (Å²) in [5.74, 6) is 0.228. The molecule has 0 aliphatic carbocycles. The number of halogens is 3. The Hall–Kier alpha value is -2.22. The molecule has 0 saturated carbocycles. The van der Waals surface area contributed by atoms with Gasteiger partial charge in [0, 0.05) is 16.9 Å². The van der Waals surface area contributed by atoms with Crippen molar-refractivity contribution in [3.63, 3.8) is 0 Å². The number of rotatable bonds is 1. The molecule has 0 atom stereocenters. The van der Waals surface area contributed by atoms with Crippen LogP contribution in [0.3, 0.4) is 0 Å². The van der Waals surface area contributed by atoms with Crippen molar-refractivity contribution < 1.29 is 13.2 Å². The predicted molar refractivity (Wildman–Crippen MR) is 70.1 cm³/mol. The highest BCUT2D eigenvalue weighted by Crippen LogP contribution is 2.34. The summed E-state index contributed by atoms with van der Waals surface area (Å²) in [6.45, 7) is 0. The lowest BCUT2D eigenvalue weighted by molar-refractivity contribution is -0.136. The zero-order valence-corrected chi connectivity index (χ0v) is 10.7. The Morgan fingerprint density at radius 1 is 1.05 bits per heavy atom. The van der Waals surface area contributed by atoms with Crippen molar-refractivity contribution in [2.45, 2.75) is 6.18 Å². The number of fused-ring (bicyclic) bond motifs is 1. The normalized spacial score (nSPS) is 11.9. The number of nitrogens with two attached hydrogens (primary N) is 1. The van der Waals surface area contributed by atoms with Crippen molar-refractivity contribution in [2.75, 3.05) is 5.73 Å². The first-order valence-electron chi connectivity index (χ1n) is 5.52. The molecule has 4 nitrogen and oxygen atoms in total. The maximum absolute atomic E-state index is 13.0. The van der Waals surface area contributed by atoms with Gasteiger partial charge < -0.3 is 5.73 Å². The predicted octanol–water partition coefficient (Wildman–Crippen LogP) is 3.35. The summed E-state index contributed by atoms with van der Waals surface area (Å²) < 4.78 is 42.8. The van der Waals surface area contributed by atoms with Crippen molar-refractivity contribution in [3.05, 3.63) is 35.9 Å². The monoisotopic (exact) mass is 296 g/mol. The van der Waals surface area contributed by atoms with Crippen LogP contribution in [0.25, 0.3) is 22.4 Å². The van der Waals surface area contributed by atoms with E-state index in [-0.39, 0.29) is 22.2 Å². The number of nitrogen functional groups attached to an aromatic ring is 1. The molecule has 0 spiro atoms. The highest BCUT2D eigenvalue weighted by atomic mass is 32.1. The maximum Gasteiger partial charge on any atom is 0.418 e. The van der Waals surface area contributed by atoms with Crippen LogP contribution in [-0.4, -0.2) is 14.3 Å². The minimum atomic E-state index is -4.46. The first-order valence-corrected chi connectivity index (χ1v) is 6.29. The van der Waals surface area contributed by atoms with E-state index < -0.39 is 11.7 Å². The van der Waals surface area contributed by atoms with Crippen LogP contribution >= 0.6 is 11.5 Å². The van der Waals surface area contributed by atoms with E-state index in [1.807, 2.05) is 0 Å². The van der Waals surface area contributed by atoms with Gasteiger partial charge in [0.15, 0.2) is 11.0 Å². The summed E-state index contributed by atoms with van der Waals surface area (Å²) in [6.07, 6.45) is -4.46. The number of alkyl halides is 3. The van der Waals surface area contributed by atoms with Crippen LogP contribution in [0.5, 0.6) is 0 Å². The lowest BCUT2D eigenvalue weighted by Crippen LogP contribution is -2.06. The Balaban J connectivity index is 2.24. The van der Waals surface area contributed by atoms with E-state index in [1.54, 1.807) is 18.2 Å². The number of aromatic nitrogens is 3. The van der Waals surface area contributed by atoms with Gasteiger partial charge in [0.05, 0.1) is 11.1 Å². The maximum atomic E-state index is 13.0. The molecule has 0 bridgehead atoms. The van der Waals surface area contributed by atoms with Crippen molar-refractivity contribution in [3.8, 4) is 11.5 Å². The third kappa shape index (κ3) is 2.18. The zero-order valence-electron chi connectivity index (χ0n) is 9.85. The second-order valence-corrected chi connectivity index (χ2v) is 4.81. The summed E-state index contributed by atoms with van der Waals surface area (Å²) in [4.78, 5) is 7.95. The molecule has 0 unspecified atom stereocenters. The first kappa shape index (κ1) is 12.8. The summed E-state index contributed by atoms with van der Waals surface area (Å²) in [7, 11) is 0. The molecule has 2 N–H and O–H groups in total. The molecule has 20 heavy (non-hydrogen) atoms. The number of hydrogen-bond acceptors (Lipinski definition) is 5. The second kappa shape index (κ2) is 4.41. The van der Waals surface area contributed by atoms with Crippen LogP contribution in [0.4, 0.5) is 18.3 Å². The Labute approximate surface area is 115 Å². The quantitative estimate of drug-likeness (QED) is 0.748. The Kier molecular flexibility index (Phi) is 2.82. The van der Waals surface area contributed by atoms with E-state index in [4.69, 9.17) is 5.73 Å². The minimum absolute atomic E-state index is 0.120. The molecule has 102 valence electrons. The van der Waals surface area contributed by atoms with Crippen LogP contribution < -0.4 is 5.73 Å². The van der Waals surface area contributed by atoms with E-state index in [1.165, 1.54) is 6.07 Å². The third-order valence-electron chi connectivity index (χ3n) is 2.70. The molecule has 0 saturated heterocycles. The van der Waals surface area contributed by atoms with Crippen LogP contribution in [0.15, 0.2) is 30.3 Å². The molecular formula is C12H7F3N4S. The van der Waals surface area contributed by atoms with Crippen molar-refractivity contribution in [1.82, 2.24) is 14.3 Å². The molecule has 3 rings (SSSR count). The fourth-order valence-electron chi connectivity index (χ4n) is 1.84. The molecular weight excluding hydrogens is 289 g/mol. The molecule has 0 aliphatic heterocycles. The zero-order chi connectivity index (χ0) is 14.3. The third-order valence-corrected chi connectivity index (χ3v) is 3.24. The second-order valence-electron chi connectivity index (χ2n) is 4.03. The molecule has 3 aromatic rings. The number of hydrogen-bond donors (Lipinski definition) is 1. The number of para-hydroxylation sites is 1. The Morgan fingerprint density at radius 3 is 2.50 bits per heavy atom. The first-order chi connectivity index (χ1) is 9.45. The standard InChI is InChI=1S/C12H7F3N4S/c13-12(14,15)7-3-1-2-6-4-5-8(17-9(6)7)10-18-11(16)20-19-10/h1-5H,(H2,16,18,19). The lowest BCUT2D eigenvalue weighted by Gasteiger charge is -2.09. The topological polar surface area (TPSA) is 64.7 Å². The van der Waals surface area contributed by atoms with Crippen LogP contribution in [0.1, 0.15) is 5.56 Å². The molecule has 2 heterocycles. The fraction of sp³-hybridized carbons (Fsp3) is 0.0833. The molecule has 0 fully saturated rings. The van der Waals surface area contributed by atoms with E-state index in [0.717, 1.165) is 17.6 Å². The summed E-state index contributed by atoms with van der Waals surface area (Å²) in [6, 6.07) is 7.06. The van der Waals surface area contributed by atoms with Crippen LogP contribution in [0, 0.1) is 0 Å². The van der Waals surface area contributed by atoms with E-state index in [9.17, 15) is 13.2 Å². The summed E-state index contributed by atoms with van der Waals surface area (Å²) in [5, 5.41) is 0.651. The van der Waals surface area contributed by atoms with Gasteiger partial charge in [-0.25, -0.2) is 4.98 Å². The smallest absolute Gasteiger partial charge is 0.374 e. The van der Waals surface area contributed by atoms with Gasteiger partial charge in [-0.05, 0) is 12.1 Å². The minimum Gasteiger partial charge on any atom is -0.374 e. The van der Waals surface area contributed by atoms with Crippen LogP contribution in [-0.2, 0) is 6.18 Å². The van der Waals surface area contributed by atoms with Gasteiger partial charge in [0.2, 0.25) is 0 Å². The van der Waals surface area contributed by atoms with E-state index >= 15 is 0 Å². The van der Waals surface area contributed by atoms with Crippen LogP contribution in [0.2, 0.25) is 0 Å². The van der Waals surface area contributed by atoms with Crippen molar-refractivity contribution >= 4 is 27.6 Å². The SMILES string of the molecule is Nc1nc(-c2ccc3cccc(C(F)(F)F)c3n2)ns1. The average molecular weight is 296 g/mol. The Bertz CT molecular complexity index is 782. The molecule has 0 amide bonds. The highest BCUT2D eigenvalue weighted by Gasteiger charge is 2.33. The summed E-state index contributed by atoms with van der Waals surface area (Å²) in [5.41, 5.74) is 4.83. The highest BCUT2D eigenvalue weighted by molar-refractivity contribution is 7.09. The van der Waals surface area contributed by atoms with Gasteiger partial charge in [0.1, 0.15) is 5.69 Å². The largest absolute Gasteiger partial charge is 0.418 e.